The second kappa shape index (κ2) is 6.86. The van der Waals surface area contributed by atoms with Crippen LogP contribution in [0.1, 0.15) is 30.0 Å². The van der Waals surface area contributed by atoms with Gasteiger partial charge in [-0.2, -0.15) is 0 Å². The molecule has 0 bridgehead atoms. The minimum absolute atomic E-state index is 0.0370. The Morgan fingerprint density at radius 2 is 1.60 bits per heavy atom. The number of aliphatic hydroxyl groups excluding tert-OH is 1. The van der Waals surface area contributed by atoms with E-state index in [2.05, 4.69) is 5.32 Å². The SMILES string of the molecule is O=c1n(Cc2ccc(CO)cc2)c2ccccc2n1C1CCNCC1. The standard InChI is InChI=1S/C20H23N3O2/c24-14-16-7-5-15(6-8-16)13-22-18-3-1-2-4-19(18)23(20(22)25)17-9-11-21-12-10-17/h1-8,17,21,24H,9-14H2. The van der Waals surface area contributed by atoms with Gasteiger partial charge >= 0.3 is 5.69 Å². The van der Waals surface area contributed by atoms with Gasteiger partial charge in [-0.1, -0.05) is 36.4 Å². The van der Waals surface area contributed by atoms with Crippen LogP contribution < -0.4 is 11.0 Å². The Morgan fingerprint density at radius 3 is 2.28 bits per heavy atom. The molecule has 1 aromatic heterocycles. The summed E-state index contributed by atoms with van der Waals surface area (Å²) in [6.07, 6.45) is 1.97. The molecule has 0 amide bonds. The topological polar surface area (TPSA) is 59.2 Å². The monoisotopic (exact) mass is 337 g/mol. The zero-order chi connectivity index (χ0) is 17.2. The molecule has 2 aromatic carbocycles. The number of benzene rings is 2. The molecule has 5 nitrogen and oxygen atoms in total. The fourth-order valence-corrected chi connectivity index (χ4v) is 3.74. The first-order valence-corrected chi connectivity index (χ1v) is 8.87. The van der Waals surface area contributed by atoms with Gasteiger partial charge in [-0.3, -0.25) is 9.13 Å². The highest BCUT2D eigenvalue weighted by atomic mass is 16.3. The van der Waals surface area contributed by atoms with Gasteiger partial charge in [0.2, 0.25) is 0 Å². The van der Waals surface area contributed by atoms with E-state index in [0.29, 0.717) is 6.54 Å². The van der Waals surface area contributed by atoms with E-state index >= 15 is 0 Å². The van der Waals surface area contributed by atoms with Crippen LogP contribution in [0, 0.1) is 0 Å². The summed E-state index contributed by atoms with van der Waals surface area (Å²) in [7, 11) is 0. The highest BCUT2D eigenvalue weighted by molar-refractivity contribution is 5.76. The second-order valence-electron chi connectivity index (χ2n) is 6.68. The van der Waals surface area contributed by atoms with Crippen molar-refractivity contribution in [1.29, 1.82) is 0 Å². The summed E-state index contributed by atoms with van der Waals surface area (Å²) in [4.78, 5) is 13.2. The van der Waals surface area contributed by atoms with E-state index in [1.807, 2.05) is 57.7 Å². The minimum Gasteiger partial charge on any atom is -0.392 e. The van der Waals surface area contributed by atoms with Gasteiger partial charge in [0.1, 0.15) is 0 Å². The molecule has 2 heterocycles. The zero-order valence-electron chi connectivity index (χ0n) is 14.2. The summed E-state index contributed by atoms with van der Waals surface area (Å²) in [5.74, 6) is 0. The molecule has 1 fully saturated rings. The molecule has 0 atom stereocenters. The second-order valence-corrected chi connectivity index (χ2v) is 6.68. The molecule has 2 N–H and O–H groups in total. The van der Waals surface area contributed by atoms with Crippen LogP contribution in [0.5, 0.6) is 0 Å². The van der Waals surface area contributed by atoms with Crippen molar-refractivity contribution in [1.82, 2.24) is 14.5 Å². The molecule has 0 aliphatic carbocycles. The molecular formula is C20H23N3O2. The van der Waals surface area contributed by atoms with Gasteiger partial charge in [0, 0.05) is 6.04 Å². The first-order valence-electron chi connectivity index (χ1n) is 8.87. The Morgan fingerprint density at radius 1 is 0.960 bits per heavy atom. The molecule has 4 rings (SSSR count). The molecule has 1 saturated heterocycles. The number of fused-ring (bicyclic) bond motifs is 1. The van der Waals surface area contributed by atoms with Crippen molar-refractivity contribution in [3.63, 3.8) is 0 Å². The number of hydrogen-bond donors (Lipinski definition) is 2. The number of aliphatic hydroxyl groups is 1. The fraction of sp³-hybridized carbons (Fsp3) is 0.350. The maximum absolute atomic E-state index is 13.2. The molecule has 25 heavy (non-hydrogen) atoms. The van der Waals surface area contributed by atoms with Crippen molar-refractivity contribution in [3.05, 3.63) is 70.1 Å². The highest BCUT2D eigenvalue weighted by Crippen LogP contribution is 2.23. The Bertz CT molecular complexity index is 918. The number of piperidine rings is 1. The first-order chi connectivity index (χ1) is 12.3. The zero-order valence-corrected chi connectivity index (χ0v) is 14.2. The van der Waals surface area contributed by atoms with E-state index in [-0.39, 0.29) is 18.3 Å². The average molecular weight is 337 g/mol. The van der Waals surface area contributed by atoms with Crippen LogP contribution in [0.4, 0.5) is 0 Å². The van der Waals surface area contributed by atoms with Crippen molar-refractivity contribution in [2.75, 3.05) is 13.1 Å². The number of nitrogens with one attached hydrogen (secondary N) is 1. The van der Waals surface area contributed by atoms with Gasteiger partial charge < -0.3 is 10.4 Å². The van der Waals surface area contributed by atoms with Crippen LogP contribution in [0.3, 0.4) is 0 Å². The fourth-order valence-electron chi connectivity index (χ4n) is 3.74. The van der Waals surface area contributed by atoms with Crippen LogP contribution >= 0.6 is 0 Å². The van der Waals surface area contributed by atoms with Crippen molar-refractivity contribution in [2.45, 2.75) is 32.0 Å². The van der Waals surface area contributed by atoms with E-state index < -0.39 is 0 Å². The maximum atomic E-state index is 13.2. The molecule has 3 aromatic rings. The number of rotatable bonds is 4. The Hall–Kier alpha value is -2.37. The van der Waals surface area contributed by atoms with Gasteiger partial charge in [0.05, 0.1) is 24.2 Å². The number of hydrogen-bond acceptors (Lipinski definition) is 3. The molecule has 130 valence electrons. The van der Waals surface area contributed by atoms with Crippen LogP contribution in [-0.2, 0) is 13.2 Å². The predicted octanol–water partition coefficient (Wildman–Crippen LogP) is 2.27. The van der Waals surface area contributed by atoms with E-state index in [4.69, 9.17) is 0 Å². The smallest absolute Gasteiger partial charge is 0.329 e. The Balaban J connectivity index is 1.77. The number of nitrogens with zero attached hydrogens (tertiary/aromatic N) is 2. The van der Waals surface area contributed by atoms with Gasteiger partial charge in [-0.25, -0.2) is 4.79 Å². The van der Waals surface area contributed by atoms with Crippen LogP contribution in [-0.4, -0.2) is 27.3 Å². The highest BCUT2D eigenvalue weighted by Gasteiger charge is 2.22. The summed E-state index contributed by atoms with van der Waals surface area (Å²) >= 11 is 0. The van der Waals surface area contributed by atoms with Crippen molar-refractivity contribution in [3.8, 4) is 0 Å². The van der Waals surface area contributed by atoms with Crippen LogP contribution in [0.15, 0.2) is 53.3 Å². The van der Waals surface area contributed by atoms with E-state index in [9.17, 15) is 9.90 Å². The molecule has 0 saturated carbocycles. The predicted molar refractivity (Wildman–Crippen MR) is 98.8 cm³/mol. The molecule has 0 unspecified atom stereocenters. The first kappa shape index (κ1) is 16.1. The largest absolute Gasteiger partial charge is 0.392 e. The number of imidazole rings is 1. The lowest BCUT2D eigenvalue weighted by molar-refractivity contribution is 0.282. The molecule has 0 radical (unpaired) electrons. The van der Waals surface area contributed by atoms with Crippen LogP contribution in [0.25, 0.3) is 11.0 Å². The Kier molecular flexibility index (Phi) is 4.42. The van der Waals surface area contributed by atoms with Crippen molar-refractivity contribution in [2.24, 2.45) is 0 Å². The third kappa shape index (κ3) is 3.01. The summed E-state index contributed by atoms with van der Waals surface area (Å²) in [6, 6.07) is 16.1. The van der Waals surface area contributed by atoms with Gasteiger partial charge in [0.25, 0.3) is 0 Å². The maximum Gasteiger partial charge on any atom is 0.329 e. The van der Waals surface area contributed by atoms with E-state index in [0.717, 1.165) is 48.1 Å². The van der Waals surface area contributed by atoms with Gasteiger partial charge in [-0.15, -0.1) is 0 Å². The summed E-state index contributed by atoms with van der Waals surface area (Å²) in [5, 5.41) is 12.6. The van der Waals surface area contributed by atoms with Crippen LogP contribution in [0.2, 0.25) is 0 Å². The molecule has 1 aliphatic rings. The third-order valence-electron chi connectivity index (χ3n) is 5.09. The summed E-state index contributed by atoms with van der Waals surface area (Å²) < 4.78 is 3.85. The lowest BCUT2D eigenvalue weighted by Gasteiger charge is -2.23. The average Bonchev–Trinajstić information content (AvgIpc) is 2.95. The van der Waals surface area contributed by atoms with Crippen molar-refractivity contribution < 1.29 is 5.11 Å². The Labute approximate surface area is 146 Å². The number of para-hydroxylation sites is 2. The minimum atomic E-state index is 0.0370. The summed E-state index contributed by atoms with van der Waals surface area (Å²) in [5.41, 5.74) is 4.02. The number of aromatic nitrogens is 2. The molecule has 5 heteroatoms. The van der Waals surface area contributed by atoms with E-state index in [1.54, 1.807) is 0 Å². The normalized spacial score (nSPS) is 15.7. The lowest BCUT2D eigenvalue weighted by Crippen LogP contribution is -2.35. The molecular weight excluding hydrogens is 314 g/mol. The summed E-state index contributed by atoms with van der Waals surface area (Å²) in [6.45, 7) is 2.50. The molecule has 1 aliphatic heterocycles. The van der Waals surface area contributed by atoms with Crippen molar-refractivity contribution >= 4 is 11.0 Å². The molecule has 0 spiro atoms. The third-order valence-corrected chi connectivity index (χ3v) is 5.09. The lowest BCUT2D eigenvalue weighted by atomic mass is 10.1. The van der Waals surface area contributed by atoms with Gasteiger partial charge in [-0.05, 0) is 49.2 Å². The van der Waals surface area contributed by atoms with E-state index in [1.165, 1.54) is 0 Å². The quantitative estimate of drug-likeness (QED) is 0.768. The van der Waals surface area contributed by atoms with Gasteiger partial charge in [0.15, 0.2) is 0 Å².